The first kappa shape index (κ1) is 31.3. The molecule has 3 amide bonds. The average molecular weight is 636 g/mol. The third-order valence-corrected chi connectivity index (χ3v) is 7.86. The van der Waals surface area contributed by atoms with Crippen LogP contribution in [0.2, 0.25) is 10.0 Å². The molecule has 0 bridgehead atoms. The van der Waals surface area contributed by atoms with E-state index in [0.717, 1.165) is 0 Å². The van der Waals surface area contributed by atoms with Crippen LogP contribution >= 0.6 is 35.0 Å². The molecule has 4 aromatic carbocycles. The van der Waals surface area contributed by atoms with Gasteiger partial charge in [-0.1, -0.05) is 59.6 Å². The van der Waals surface area contributed by atoms with Gasteiger partial charge in [0.25, 0.3) is 17.5 Å². The van der Waals surface area contributed by atoms with E-state index in [1.807, 2.05) is 0 Å². The second-order valence-corrected chi connectivity index (χ2v) is 11.3. The summed E-state index contributed by atoms with van der Waals surface area (Å²) < 4.78 is 0. The van der Waals surface area contributed by atoms with Crippen molar-refractivity contribution >= 4 is 75.8 Å². The highest BCUT2D eigenvalue weighted by atomic mass is 35.5. The lowest BCUT2D eigenvalue weighted by Gasteiger charge is -2.14. The monoisotopic (exact) mass is 634 g/mol. The second-order valence-electron chi connectivity index (χ2n) is 9.06. The molecular formula is C31H24Cl2N4O5S. The molecule has 4 aromatic rings. The molecule has 218 valence electrons. The van der Waals surface area contributed by atoms with Crippen molar-refractivity contribution in [2.45, 2.75) is 17.1 Å². The fourth-order valence-electron chi connectivity index (χ4n) is 3.74. The maximum Gasteiger partial charge on any atom is 0.272 e. The summed E-state index contributed by atoms with van der Waals surface area (Å²) in [4.78, 5) is 50.1. The van der Waals surface area contributed by atoms with Crippen molar-refractivity contribution in [2.75, 3.05) is 10.6 Å². The minimum absolute atomic E-state index is 0.0630. The zero-order valence-electron chi connectivity index (χ0n) is 22.5. The molecule has 1 atom stereocenters. The topological polar surface area (TPSA) is 130 Å². The maximum atomic E-state index is 13.4. The number of carbonyl (C=O) groups excluding carboxylic acids is 3. The Morgan fingerprint density at radius 1 is 0.860 bits per heavy atom. The summed E-state index contributed by atoms with van der Waals surface area (Å²) in [6.07, 6.45) is 1.44. The minimum Gasteiger partial charge on any atom is -0.325 e. The van der Waals surface area contributed by atoms with Crippen LogP contribution in [0.1, 0.15) is 22.8 Å². The van der Waals surface area contributed by atoms with Crippen molar-refractivity contribution in [2.24, 2.45) is 0 Å². The summed E-state index contributed by atoms with van der Waals surface area (Å²) in [5, 5.41) is 19.0. The summed E-state index contributed by atoms with van der Waals surface area (Å²) in [7, 11) is 0. The molecule has 0 spiro atoms. The van der Waals surface area contributed by atoms with Crippen LogP contribution in [0.5, 0.6) is 0 Å². The Morgan fingerprint density at radius 2 is 1.56 bits per heavy atom. The lowest BCUT2D eigenvalue weighted by Crippen LogP contribution is -2.30. The number of carbonyl (C=O) groups is 3. The first-order chi connectivity index (χ1) is 20.6. The second kappa shape index (κ2) is 14.5. The van der Waals surface area contributed by atoms with E-state index in [1.165, 1.54) is 42.1 Å². The van der Waals surface area contributed by atoms with Crippen LogP contribution in [0.4, 0.5) is 17.1 Å². The molecule has 43 heavy (non-hydrogen) atoms. The van der Waals surface area contributed by atoms with E-state index in [-0.39, 0.29) is 22.3 Å². The van der Waals surface area contributed by atoms with Gasteiger partial charge in [-0.05, 0) is 67.1 Å². The van der Waals surface area contributed by atoms with Gasteiger partial charge in [0.1, 0.15) is 5.70 Å². The van der Waals surface area contributed by atoms with Gasteiger partial charge < -0.3 is 16.0 Å². The van der Waals surface area contributed by atoms with Gasteiger partial charge in [0.15, 0.2) is 0 Å². The van der Waals surface area contributed by atoms with Crippen LogP contribution in [-0.2, 0) is 9.59 Å². The fourth-order valence-corrected chi connectivity index (χ4v) is 5.03. The predicted octanol–water partition coefficient (Wildman–Crippen LogP) is 7.43. The van der Waals surface area contributed by atoms with Crippen LogP contribution < -0.4 is 16.0 Å². The van der Waals surface area contributed by atoms with Crippen molar-refractivity contribution in [3.8, 4) is 0 Å². The zero-order valence-corrected chi connectivity index (χ0v) is 24.9. The van der Waals surface area contributed by atoms with E-state index in [2.05, 4.69) is 16.0 Å². The van der Waals surface area contributed by atoms with Crippen LogP contribution in [0.25, 0.3) is 6.08 Å². The molecule has 0 radical (unpaired) electrons. The van der Waals surface area contributed by atoms with Crippen LogP contribution in [0.3, 0.4) is 0 Å². The first-order valence-corrected chi connectivity index (χ1v) is 14.4. The lowest BCUT2D eigenvalue weighted by atomic mass is 10.1. The van der Waals surface area contributed by atoms with E-state index < -0.39 is 22.0 Å². The van der Waals surface area contributed by atoms with Gasteiger partial charge in [0, 0.05) is 34.0 Å². The average Bonchev–Trinajstić information content (AvgIpc) is 2.99. The SMILES string of the molecule is CC(Sc1cccc(NC(=O)/C(=C\c2cccc(Cl)c2Cl)NC(=O)c2ccccc2)c1)C(=O)Nc1ccc([N+](=O)[O-])cc1. The highest BCUT2D eigenvalue weighted by Crippen LogP contribution is 2.29. The highest BCUT2D eigenvalue weighted by molar-refractivity contribution is 8.00. The summed E-state index contributed by atoms with van der Waals surface area (Å²) in [6, 6.07) is 25.8. The molecule has 0 heterocycles. The van der Waals surface area contributed by atoms with Crippen molar-refractivity contribution < 1.29 is 19.3 Å². The molecule has 0 saturated carbocycles. The number of rotatable bonds is 10. The number of hydrogen-bond acceptors (Lipinski definition) is 6. The van der Waals surface area contributed by atoms with Gasteiger partial charge in [0.05, 0.1) is 20.2 Å². The van der Waals surface area contributed by atoms with Gasteiger partial charge in [0.2, 0.25) is 5.91 Å². The molecule has 9 nitrogen and oxygen atoms in total. The molecule has 0 aliphatic carbocycles. The molecule has 1 unspecified atom stereocenters. The smallest absolute Gasteiger partial charge is 0.272 e. The molecule has 4 rings (SSSR count). The van der Waals surface area contributed by atoms with E-state index in [4.69, 9.17) is 23.2 Å². The van der Waals surface area contributed by atoms with Gasteiger partial charge in [-0.25, -0.2) is 0 Å². The van der Waals surface area contributed by atoms with E-state index >= 15 is 0 Å². The Hall–Kier alpha value is -4.64. The molecular weight excluding hydrogens is 611 g/mol. The number of non-ortho nitro benzene ring substituents is 1. The Bertz CT molecular complexity index is 1700. The van der Waals surface area contributed by atoms with Gasteiger partial charge in [-0.15, -0.1) is 11.8 Å². The number of halogens is 2. The zero-order chi connectivity index (χ0) is 30.9. The number of anilines is 2. The molecule has 0 aliphatic rings. The number of amides is 3. The van der Waals surface area contributed by atoms with E-state index in [1.54, 1.807) is 79.7 Å². The van der Waals surface area contributed by atoms with Crippen LogP contribution in [0, 0.1) is 10.1 Å². The predicted molar refractivity (Wildman–Crippen MR) is 170 cm³/mol. The van der Waals surface area contributed by atoms with E-state index in [9.17, 15) is 24.5 Å². The molecule has 0 aliphatic heterocycles. The Labute approximate surface area is 261 Å². The molecule has 0 fully saturated rings. The van der Waals surface area contributed by atoms with Crippen molar-refractivity contribution in [1.82, 2.24) is 5.32 Å². The normalized spacial score (nSPS) is 11.7. The van der Waals surface area contributed by atoms with Crippen molar-refractivity contribution in [3.05, 3.63) is 134 Å². The van der Waals surface area contributed by atoms with Crippen molar-refractivity contribution in [3.63, 3.8) is 0 Å². The molecule has 0 aromatic heterocycles. The summed E-state index contributed by atoms with van der Waals surface area (Å²) in [6.45, 7) is 1.71. The van der Waals surface area contributed by atoms with Gasteiger partial charge in [-0.3, -0.25) is 24.5 Å². The number of nitro benzene ring substituents is 1. The quantitative estimate of drug-likeness (QED) is 0.0719. The maximum absolute atomic E-state index is 13.4. The van der Waals surface area contributed by atoms with Crippen LogP contribution in [-0.4, -0.2) is 27.9 Å². The standard InChI is InChI=1S/C31H24Cl2N4O5S/c1-19(29(38)34-22-13-15-24(16-14-22)37(41)42)43-25-11-6-10-23(18-25)35-31(40)27(17-21-9-5-12-26(32)28(21)33)36-30(39)20-7-3-2-4-8-20/h2-19H,1H3,(H,34,38)(H,35,40)(H,36,39)/b27-17+. The van der Waals surface area contributed by atoms with Crippen LogP contribution in [0.15, 0.2) is 108 Å². The van der Waals surface area contributed by atoms with Gasteiger partial charge in [-0.2, -0.15) is 0 Å². The summed E-state index contributed by atoms with van der Waals surface area (Å²) in [5.74, 6) is -1.40. The largest absolute Gasteiger partial charge is 0.325 e. The Morgan fingerprint density at radius 3 is 2.26 bits per heavy atom. The number of nitrogens with zero attached hydrogens (tertiary/aromatic N) is 1. The highest BCUT2D eigenvalue weighted by Gasteiger charge is 2.18. The fraction of sp³-hybridized carbons (Fsp3) is 0.0645. The number of benzene rings is 4. The molecule has 0 saturated heterocycles. The van der Waals surface area contributed by atoms with E-state index in [0.29, 0.717) is 32.4 Å². The summed E-state index contributed by atoms with van der Waals surface area (Å²) in [5.41, 5.74) is 1.51. The Kier molecular flexibility index (Phi) is 10.6. The first-order valence-electron chi connectivity index (χ1n) is 12.8. The number of nitro groups is 1. The molecule has 3 N–H and O–H groups in total. The third kappa shape index (κ3) is 8.68. The number of nitrogens with one attached hydrogen (secondary N) is 3. The molecule has 12 heteroatoms. The van der Waals surface area contributed by atoms with Crippen molar-refractivity contribution in [1.29, 1.82) is 0 Å². The van der Waals surface area contributed by atoms with Gasteiger partial charge >= 0.3 is 0 Å². The summed E-state index contributed by atoms with van der Waals surface area (Å²) >= 11 is 13.7. The Balaban J connectivity index is 1.48. The third-order valence-electron chi connectivity index (χ3n) is 5.93. The minimum atomic E-state index is -0.605. The lowest BCUT2D eigenvalue weighted by molar-refractivity contribution is -0.384. The number of hydrogen-bond donors (Lipinski definition) is 3. The number of thioether (sulfide) groups is 1.